The van der Waals surface area contributed by atoms with Crippen LogP contribution in [-0.4, -0.2) is 23.9 Å². The number of amides is 1. The van der Waals surface area contributed by atoms with Crippen molar-refractivity contribution in [2.45, 2.75) is 26.3 Å². The highest BCUT2D eigenvalue weighted by atomic mass is 79.9. The zero-order chi connectivity index (χ0) is 14.1. The lowest BCUT2D eigenvalue weighted by Gasteiger charge is -2.18. The van der Waals surface area contributed by atoms with Gasteiger partial charge in [0.1, 0.15) is 0 Å². The number of fused-ring (bicyclic) bond motifs is 1. The van der Waals surface area contributed by atoms with Gasteiger partial charge in [-0.15, -0.1) is 0 Å². The number of hydrogen-bond donors (Lipinski definition) is 2. The number of halogens is 1. The van der Waals surface area contributed by atoms with Crippen molar-refractivity contribution in [2.75, 3.05) is 18.5 Å². The predicted octanol–water partition coefficient (Wildman–Crippen LogP) is 2.90. The van der Waals surface area contributed by atoms with Gasteiger partial charge in [0.15, 0.2) is 0 Å². The lowest BCUT2D eigenvalue weighted by molar-refractivity contribution is -0.128. The van der Waals surface area contributed by atoms with E-state index in [1.54, 1.807) is 6.92 Å². The molecular formula is C15H18BrN3O. The summed E-state index contributed by atoms with van der Waals surface area (Å²) < 4.78 is 1.08. The molecular weight excluding hydrogens is 318 g/mol. The van der Waals surface area contributed by atoms with Gasteiger partial charge in [-0.2, -0.15) is 0 Å². The normalized spacial score (nSPS) is 18.1. The van der Waals surface area contributed by atoms with E-state index in [4.69, 9.17) is 0 Å². The number of nitrogens with zero attached hydrogens (tertiary/aromatic N) is 1. The summed E-state index contributed by atoms with van der Waals surface area (Å²) in [6, 6.07) is 4.28. The topological polar surface area (TPSA) is 44.4 Å². The molecule has 4 nitrogen and oxygen atoms in total. The number of rotatable bonds is 1. The molecule has 0 fully saturated rings. The Balaban J connectivity index is 1.90. The molecule has 1 aromatic rings. The van der Waals surface area contributed by atoms with E-state index < -0.39 is 0 Å². The van der Waals surface area contributed by atoms with Gasteiger partial charge in [-0.25, -0.2) is 5.43 Å². The summed E-state index contributed by atoms with van der Waals surface area (Å²) in [5.41, 5.74) is 11.5. The SMILES string of the molecule is CC(=O)N1CCC=C(c2cc(Br)cc3c2CNN3)CC1. The Morgan fingerprint density at radius 3 is 3.00 bits per heavy atom. The molecule has 0 aromatic heterocycles. The van der Waals surface area contributed by atoms with Gasteiger partial charge in [0.05, 0.1) is 5.69 Å². The van der Waals surface area contributed by atoms with Crippen molar-refractivity contribution < 1.29 is 4.79 Å². The minimum atomic E-state index is 0.169. The van der Waals surface area contributed by atoms with Gasteiger partial charge in [0.25, 0.3) is 0 Å². The van der Waals surface area contributed by atoms with Crippen LogP contribution in [0.5, 0.6) is 0 Å². The van der Waals surface area contributed by atoms with Crippen molar-refractivity contribution in [2.24, 2.45) is 0 Å². The molecule has 1 aromatic carbocycles. The average molecular weight is 336 g/mol. The molecule has 2 heterocycles. The van der Waals surface area contributed by atoms with Crippen LogP contribution in [0.15, 0.2) is 22.7 Å². The van der Waals surface area contributed by atoms with E-state index in [0.29, 0.717) is 0 Å². The lowest BCUT2D eigenvalue weighted by atomic mass is 9.96. The number of carbonyl (C=O) groups is 1. The van der Waals surface area contributed by atoms with Crippen molar-refractivity contribution in [1.29, 1.82) is 0 Å². The van der Waals surface area contributed by atoms with Crippen molar-refractivity contribution in [1.82, 2.24) is 10.3 Å². The zero-order valence-electron chi connectivity index (χ0n) is 11.5. The first kappa shape index (κ1) is 13.6. The van der Waals surface area contributed by atoms with Crippen LogP contribution in [0.2, 0.25) is 0 Å². The monoisotopic (exact) mass is 335 g/mol. The third kappa shape index (κ3) is 2.60. The number of nitrogens with one attached hydrogen (secondary N) is 2. The first-order chi connectivity index (χ1) is 9.65. The van der Waals surface area contributed by atoms with Crippen LogP contribution < -0.4 is 10.9 Å². The molecule has 1 amide bonds. The van der Waals surface area contributed by atoms with Crippen molar-refractivity contribution in [3.63, 3.8) is 0 Å². The zero-order valence-corrected chi connectivity index (χ0v) is 13.1. The maximum atomic E-state index is 11.5. The summed E-state index contributed by atoms with van der Waals surface area (Å²) in [7, 11) is 0. The second kappa shape index (κ2) is 5.58. The van der Waals surface area contributed by atoms with Gasteiger partial charge in [-0.3, -0.25) is 4.79 Å². The Morgan fingerprint density at radius 1 is 1.35 bits per heavy atom. The number of hydrazine groups is 1. The van der Waals surface area contributed by atoms with E-state index in [9.17, 15) is 4.79 Å². The minimum absolute atomic E-state index is 0.169. The van der Waals surface area contributed by atoms with Gasteiger partial charge in [-0.05, 0) is 41.7 Å². The smallest absolute Gasteiger partial charge is 0.219 e. The first-order valence-corrected chi connectivity index (χ1v) is 7.70. The highest BCUT2D eigenvalue weighted by Gasteiger charge is 2.20. The van der Waals surface area contributed by atoms with E-state index >= 15 is 0 Å². The van der Waals surface area contributed by atoms with Crippen molar-refractivity contribution >= 4 is 33.1 Å². The minimum Gasteiger partial charge on any atom is -0.342 e. The van der Waals surface area contributed by atoms with Crippen LogP contribution in [0.1, 0.15) is 30.9 Å². The van der Waals surface area contributed by atoms with Crippen LogP contribution in [0.3, 0.4) is 0 Å². The summed E-state index contributed by atoms with van der Waals surface area (Å²) in [4.78, 5) is 13.4. The van der Waals surface area contributed by atoms with Gasteiger partial charge < -0.3 is 10.3 Å². The fraction of sp³-hybridized carbons (Fsp3) is 0.400. The molecule has 5 heteroatoms. The molecule has 2 aliphatic heterocycles. The Labute approximate surface area is 127 Å². The predicted molar refractivity (Wildman–Crippen MR) is 84.1 cm³/mol. The Kier molecular flexibility index (Phi) is 3.81. The van der Waals surface area contributed by atoms with Crippen molar-refractivity contribution in [3.8, 4) is 0 Å². The van der Waals surface area contributed by atoms with Crippen LogP contribution in [0, 0.1) is 0 Å². The molecule has 2 aliphatic rings. The van der Waals surface area contributed by atoms with Crippen LogP contribution in [0.25, 0.3) is 5.57 Å². The number of hydrogen-bond acceptors (Lipinski definition) is 3. The molecule has 106 valence electrons. The van der Waals surface area contributed by atoms with Crippen LogP contribution in [0.4, 0.5) is 5.69 Å². The standard InChI is InChI=1S/C15H18BrN3O/c1-10(20)19-5-2-3-11(4-6-19)13-7-12(16)8-15-14(13)9-17-18-15/h3,7-8,17-18H,2,4-6,9H2,1H3. The molecule has 0 saturated carbocycles. The number of anilines is 1. The summed E-state index contributed by atoms with van der Waals surface area (Å²) in [5, 5.41) is 0. The molecule has 0 saturated heterocycles. The molecule has 2 N–H and O–H groups in total. The van der Waals surface area contributed by atoms with E-state index in [0.717, 1.165) is 42.6 Å². The van der Waals surface area contributed by atoms with Gasteiger partial charge in [0.2, 0.25) is 5.91 Å². The fourth-order valence-corrected chi connectivity index (χ4v) is 3.33. The van der Waals surface area contributed by atoms with E-state index in [1.807, 2.05) is 4.90 Å². The Hall–Kier alpha value is -1.33. The summed E-state index contributed by atoms with van der Waals surface area (Å²) in [5.74, 6) is 0.169. The molecule has 0 radical (unpaired) electrons. The summed E-state index contributed by atoms with van der Waals surface area (Å²) in [6.07, 6.45) is 4.13. The Bertz CT molecular complexity index is 583. The molecule has 0 aliphatic carbocycles. The molecule has 0 bridgehead atoms. The second-order valence-electron chi connectivity index (χ2n) is 5.23. The second-order valence-corrected chi connectivity index (χ2v) is 6.15. The molecule has 3 rings (SSSR count). The molecule has 0 spiro atoms. The average Bonchev–Trinajstić information content (AvgIpc) is 2.73. The van der Waals surface area contributed by atoms with E-state index in [2.05, 4.69) is 45.0 Å². The first-order valence-electron chi connectivity index (χ1n) is 6.91. The van der Waals surface area contributed by atoms with Gasteiger partial charge >= 0.3 is 0 Å². The third-order valence-electron chi connectivity index (χ3n) is 3.94. The van der Waals surface area contributed by atoms with Gasteiger partial charge in [0, 0.05) is 31.0 Å². The highest BCUT2D eigenvalue weighted by Crippen LogP contribution is 2.34. The van der Waals surface area contributed by atoms with Crippen LogP contribution in [-0.2, 0) is 11.3 Å². The van der Waals surface area contributed by atoms with Crippen molar-refractivity contribution in [3.05, 3.63) is 33.8 Å². The van der Waals surface area contributed by atoms with E-state index in [1.165, 1.54) is 16.7 Å². The molecule has 0 atom stereocenters. The Morgan fingerprint density at radius 2 is 2.20 bits per heavy atom. The largest absolute Gasteiger partial charge is 0.342 e. The fourth-order valence-electron chi connectivity index (χ4n) is 2.88. The summed E-state index contributed by atoms with van der Waals surface area (Å²) >= 11 is 3.58. The van der Waals surface area contributed by atoms with Gasteiger partial charge in [-0.1, -0.05) is 22.0 Å². The number of carbonyl (C=O) groups excluding carboxylic acids is 1. The number of benzene rings is 1. The maximum absolute atomic E-state index is 11.5. The summed E-state index contributed by atoms with van der Waals surface area (Å²) in [6.45, 7) is 4.12. The maximum Gasteiger partial charge on any atom is 0.219 e. The molecule has 20 heavy (non-hydrogen) atoms. The lowest BCUT2D eigenvalue weighted by Crippen LogP contribution is -2.29. The quantitative estimate of drug-likeness (QED) is 0.829. The highest BCUT2D eigenvalue weighted by molar-refractivity contribution is 9.10. The molecule has 0 unspecified atom stereocenters. The van der Waals surface area contributed by atoms with Crippen LogP contribution >= 0.6 is 15.9 Å². The third-order valence-corrected chi connectivity index (χ3v) is 4.39. The van der Waals surface area contributed by atoms with E-state index in [-0.39, 0.29) is 5.91 Å².